The summed E-state index contributed by atoms with van der Waals surface area (Å²) in [6.07, 6.45) is 5.09. The van der Waals surface area contributed by atoms with E-state index in [9.17, 15) is 8.78 Å². The molecule has 0 radical (unpaired) electrons. The number of nitrogens with one attached hydrogen (secondary N) is 1. The van der Waals surface area contributed by atoms with Gasteiger partial charge in [0.1, 0.15) is 35.6 Å². The van der Waals surface area contributed by atoms with Gasteiger partial charge < -0.3 is 15.0 Å². The Labute approximate surface area is 246 Å². The summed E-state index contributed by atoms with van der Waals surface area (Å²) >= 11 is 6.38. The minimum Gasteiger partial charge on any atom is -0.461 e. The van der Waals surface area contributed by atoms with Crippen molar-refractivity contribution in [3.8, 4) is 17.3 Å². The number of benzene rings is 2. The number of alkyl halides is 1. The Balaban J connectivity index is 1.25. The maximum atomic E-state index is 16.6. The van der Waals surface area contributed by atoms with Crippen LogP contribution in [0.3, 0.4) is 0 Å². The third-order valence-corrected chi connectivity index (χ3v) is 9.95. The van der Waals surface area contributed by atoms with E-state index in [0.717, 1.165) is 45.3 Å². The molecule has 2 aromatic carbocycles. The summed E-state index contributed by atoms with van der Waals surface area (Å²) in [5, 5.41) is 5.07. The molecule has 0 amide bonds. The molecule has 0 spiro atoms. The fraction of sp³-hybridized carbons (Fsp3) is 0.452. The van der Waals surface area contributed by atoms with Crippen molar-refractivity contribution in [1.82, 2.24) is 25.2 Å². The van der Waals surface area contributed by atoms with Gasteiger partial charge in [0.2, 0.25) is 0 Å². The van der Waals surface area contributed by atoms with Crippen LogP contribution in [0.2, 0.25) is 5.02 Å². The molecular formula is C31H30ClF3N6O. The first-order valence-corrected chi connectivity index (χ1v) is 15.0. The molecule has 4 saturated heterocycles. The number of ether oxygens (including phenoxy) is 1. The molecule has 11 heteroatoms. The summed E-state index contributed by atoms with van der Waals surface area (Å²) in [6.45, 7) is 2.95. The highest BCUT2D eigenvalue weighted by molar-refractivity contribution is 6.36. The van der Waals surface area contributed by atoms with E-state index in [4.69, 9.17) is 21.3 Å². The highest BCUT2D eigenvalue weighted by Crippen LogP contribution is 2.42. The largest absolute Gasteiger partial charge is 0.461 e. The number of pyridine rings is 1. The number of nitrogens with zero attached hydrogens (tertiary/aromatic N) is 5. The van der Waals surface area contributed by atoms with Crippen LogP contribution < -0.4 is 15.0 Å². The third kappa shape index (κ3) is 4.21. The number of halogens is 4. The van der Waals surface area contributed by atoms with Crippen LogP contribution in [0.25, 0.3) is 32.9 Å². The summed E-state index contributed by atoms with van der Waals surface area (Å²) in [4.78, 5) is 18.2. The van der Waals surface area contributed by atoms with Crippen molar-refractivity contribution in [2.24, 2.45) is 0 Å². The van der Waals surface area contributed by atoms with Crippen molar-refractivity contribution in [2.75, 3.05) is 37.7 Å². The van der Waals surface area contributed by atoms with Crippen LogP contribution in [0, 0.1) is 11.6 Å². The fourth-order valence-corrected chi connectivity index (χ4v) is 7.91. The van der Waals surface area contributed by atoms with Gasteiger partial charge in [-0.2, -0.15) is 9.97 Å². The summed E-state index contributed by atoms with van der Waals surface area (Å²) in [7, 11) is 0. The lowest BCUT2D eigenvalue weighted by molar-refractivity contribution is 0.107. The van der Waals surface area contributed by atoms with Crippen molar-refractivity contribution >= 4 is 39.1 Å². The van der Waals surface area contributed by atoms with Gasteiger partial charge in [0.15, 0.2) is 5.82 Å². The molecule has 218 valence electrons. The van der Waals surface area contributed by atoms with Crippen LogP contribution >= 0.6 is 11.6 Å². The number of hydrogen-bond acceptors (Lipinski definition) is 7. The molecule has 1 N–H and O–H groups in total. The smallest absolute Gasteiger partial charge is 0.319 e. The van der Waals surface area contributed by atoms with E-state index in [1.807, 2.05) is 0 Å². The molecule has 4 aliphatic rings. The minimum atomic E-state index is -0.887. The van der Waals surface area contributed by atoms with E-state index >= 15 is 4.39 Å². The predicted molar refractivity (Wildman–Crippen MR) is 156 cm³/mol. The number of anilines is 1. The zero-order valence-corrected chi connectivity index (χ0v) is 23.7. The average Bonchev–Trinajstić information content (AvgIpc) is 3.64. The Hall–Kier alpha value is -3.21. The lowest BCUT2D eigenvalue weighted by Gasteiger charge is -2.34. The SMILES string of the molecule is Fc1ccc2cccc(-c3ncc4c(N5CC6CCC(C5)N6)nc(OC[C@@]56CCCN5C[C@H](F)C6)nc4c3F)c2c1Cl. The first-order valence-electron chi connectivity index (χ1n) is 14.6. The number of aromatic nitrogens is 3. The van der Waals surface area contributed by atoms with Gasteiger partial charge in [-0.1, -0.05) is 35.9 Å². The van der Waals surface area contributed by atoms with E-state index in [2.05, 4.69) is 25.1 Å². The summed E-state index contributed by atoms with van der Waals surface area (Å²) in [6, 6.07) is 8.86. The second-order valence-corrected chi connectivity index (χ2v) is 12.6. The maximum Gasteiger partial charge on any atom is 0.319 e. The quantitative estimate of drug-likeness (QED) is 0.319. The number of fused-ring (bicyclic) bond motifs is 5. The van der Waals surface area contributed by atoms with Crippen LogP contribution in [0.1, 0.15) is 32.1 Å². The molecule has 4 atom stereocenters. The van der Waals surface area contributed by atoms with E-state index in [-0.39, 0.29) is 28.9 Å². The van der Waals surface area contributed by atoms with Crippen LogP contribution in [-0.2, 0) is 0 Å². The Bertz CT molecular complexity index is 1710. The average molecular weight is 595 g/mol. The van der Waals surface area contributed by atoms with Gasteiger partial charge >= 0.3 is 6.01 Å². The van der Waals surface area contributed by atoms with Gasteiger partial charge in [-0.25, -0.2) is 13.2 Å². The molecule has 42 heavy (non-hydrogen) atoms. The monoisotopic (exact) mass is 594 g/mol. The molecule has 6 heterocycles. The Morgan fingerprint density at radius 1 is 1.07 bits per heavy atom. The van der Waals surface area contributed by atoms with Crippen LogP contribution in [0.5, 0.6) is 6.01 Å². The van der Waals surface area contributed by atoms with E-state index < -0.39 is 23.3 Å². The maximum absolute atomic E-state index is 16.6. The first-order chi connectivity index (χ1) is 20.4. The zero-order valence-electron chi connectivity index (χ0n) is 22.9. The lowest BCUT2D eigenvalue weighted by atomic mass is 9.95. The summed E-state index contributed by atoms with van der Waals surface area (Å²) < 4.78 is 51.7. The first kappa shape index (κ1) is 26.4. The molecule has 0 saturated carbocycles. The number of hydrogen-bond donors (Lipinski definition) is 1. The van der Waals surface area contributed by atoms with Crippen molar-refractivity contribution in [3.63, 3.8) is 0 Å². The molecule has 4 aliphatic heterocycles. The van der Waals surface area contributed by atoms with Crippen molar-refractivity contribution in [2.45, 2.75) is 55.9 Å². The van der Waals surface area contributed by atoms with E-state index in [1.165, 1.54) is 6.07 Å². The Morgan fingerprint density at radius 2 is 1.90 bits per heavy atom. The Morgan fingerprint density at radius 3 is 2.74 bits per heavy atom. The van der Waals surface area contributed by atoms with Crippen LogP contribution in [0.15, 0.2) is 36.5 Å². The number of rotatable bonds is 5. The highest BCUT2D eigenvalue weighted by Gasteiger charge is 2.49. The van der Waals surface area contributed by atoms with Gasteiger partial charge in [-0.15, -0.1) is 0 Å². The molecule has 8 rings (SSSR count). The standard InChI is InChI=1S/C31H30ClF3N6O/c32-25-23(34)8-5-17-3-1-4-21(24(17)25)27-26(35)28-22(12-36-27)29(40-14-19-6-7-20(15-40)37-19)39-30(38-28)42-16-31-9-2-10-41(31)13-18(33)11-31/h1,3-5,8,12,18-20,37H,2,6-7,9-11,13-16H2/t18-,19?,20?,31+/m1/s1. The second-order valence-electron chi connectivity index (χ2n) is 12.2. The van der Waals surface area contributed by atoms with Crippen molar-refractivity contribution in [3.05, 3.63) is 53.2 Å². The van der Waals surface area contributed by atoms with Gasteiger partial charge in [0, 0.05) is 55.3 Å². The summed E-state index contributed by atoms with van der Waals surface area (Å²) in [5.74, 6) is -0.671. The molecule has 2 unspecified atom stereocenters. The second kappa shape index (κ2) is 9.92. The van der Waals surface area contributed by atoms with Crippen LogP contribution in [0.4, 0.5) is 19.0 Å². The van der Waals surface area contributed by atoms with Crippen molar-refractivity contribution < 1.29 is 17.9 Å². The van der Waals surface area contributed by atoms with E-state index in [1.54, 1.807) is 30.5 Å². The molecule has 0 aliphatic carbocycles. The molecule has 4 fully saturated rings. The predicted octanol–water partition coefficient (Wildman–Crippen LogP) is 5.67. The van der Waals surface area contributed by atoms with Gasteiger partial charge in [-0.05, 0) is 43.7 Å². The Kier molecular flexibility index (Phi) is 6.24. The third-order valence-electron chi connectivity index (χ3n) is 9.58. The normalized spacial score (nSPS) is 27.3. The fourth-order valence-electron chi connectivity index (χ4n) is 7.64. The lowest BCUT2D eigenvalue weighted by Crippen LogP contribution is -2.51. The topological polar surface area (TPSA) is 66.4 Å². The highest BCUT2D eigenvalue weighted by atomic mass is 35.5. The van der Waals surface area contributed by atoms with E-state index in [0.29, 0.717) is 52.6 Å². The molecule has 4 aromatic rings. The molecule has 2 aromatic heterocycles. The van der Waals surface area contributed by atoms with Gasteiger partial charge in [-0.3, -0.25) is 9.88 Å². The van der Waals surface area contributed by atoms with Crippen LogP contribution in [-0.4, -0.2) is 76.4 Å². The zero-order chi connectivity index (χ0) is 28.6. The minimum absolute atomic E-state index is 0.0215. The van der Waals surface area contributed by atoms with Crippen molar-refractivity contribution in [1.29, 1.82) is 0 Å². The summed E-state index contributed by atoms with van der Waals surface area (Å²) in [5.41, 5.74) is 0.0801. The molecular weight excluding hydrogens is 565 g/mol. The van der Waals surface area contributed by atoms with Gasteiger partial charge in [0.25, 0.3) is 0 Å². The van der Waals surface area contributed by atoms with Gasteiger partial charge in [0.05, 0.1) is 15.9 Å². The molecule has 2 bridgehead atoms. The molecule has 7 nitrogen and oxygen atoms in total. The number of piperazine rings is 1.